The van der Waals surface area contributed by atoms with Gasteiger partial charge in [0.05, 0.1) is 6.20 Å². The first kappa shape index (κ1) is 12.3. The molecule has 0 bridgehead atoms. The van der Waals surface area contributed by atoms with Crippen molar-refractivity contribution in [3.63, 3.8) is 0 Å². The minimum Gasteiger partial charge on any atom is -0.382 e. The Kier molecular flexibility index (Phi) is 3.62. The third kappa shape index (κ3) is 2.75. The van der Waals surface area contributed by atoms with Crippen LogP contribution in [0.5, 0.6) is 0 Å². The van der Waals surface area contributed by atoms with E-state index in [9.17, 15) is 9.90 Å². The first-order valence-corrected chi connectivity index (χ1v) is 6.41. The average Bonchev–Trinajstić information content (AvgIpc) is 2.78. The monoisotopic (exact) mass is 236 g/mol. The highest BCUT2D eigenvalue weighted by atomic mass is 16.3. The standard InChI is InChI=1S/C13H20N2O2/c1-2-15-10-11(9-14-15)8-12(16)13(17)6-4-3-5-7-13/h9-10,17H,2-8H2,1H3. The number of carbonyl (C=O) groups is 1. The predicted molar refractivity (Wildman–Crippen MR) is 64.6 cm³/mol. The van der Waals surface area contributed by atoms with Gasteiger partial charge in [-0.1, -0.05) is 19.3 Å². The lowest BCUT2D eigenvalue weighted by atomic mass is 9.80. The van der Waals surface area contributed by atoms with E-state index in [1.54, 1.807) is 10.9 Å². The number of aliphatic hydroxyl groups is 1. The SMILES string of the molecule is CCn1cc(CC(=O)C2(O)CCCCC2)cn1. The molecule has 1 aliphatic carbocycles. The van der Waals surface area contributed by atoms with Crippen LogP contribution in [0.25, 0.3) is 0 Å². The van der Waals surface area contributed by atoms with Gasteiger partial charge in [-0.2, -0.15) is 5.10 Å². The van der Waals surface area contributed by atoms with Gasteiger partial charge in [-0.15, -0.1) is 0 Å². The third-order valence-electron chi connectivity index (χ3n) is 3.58. The van der Waals surface area contributed by atoms with Gasteiger partial charge in [0.2, 0.25) is 0 Å². The van der Waals surface area contributed by atoms with Crippen molar-refractivity contribution in [1.29, 1.82) is 0 Å². The summed E-state index contributed by atoms with van der Waals surface area (Å²) in [6, 6.07) is 0. The van der Waals surface area contributed by atoms with E-state index >= 15 is 0 Å². The number of nitrogens with zero attached hydrogens (tertiary/aromatic N) is 2. The molecule has 94 valence electrons. The smallest absolute Gasteiger partial charge is 0.168 e. The van der Waals surface area contributed by atoms with E-state index in [2.05, 4.69) is 5.10 Å². The first-order chi connectivity index (χ1) is 8.14. The first-order valence-electron chi connectivity index (χ1n) is 6.41. The zero-order valence-electron chi connectivity index (χ0n) is 10.4. The molecule has 1 heterocycles. The summed E-state index contributed by atoms with van der Waals surface area (Å²) in [5, 5.41) is 14.4. The molecule has 4 heteroatoms. The molecule has 2 rings (SSSR count). The second-order valence-corrected chi connectivity index (χ2v) is 4.90. The van der Waals surface area contributed by atoms with Crippen molar-refractivity contribution < 1.29 is 9.90 Å². The van der Waals surface area contributed by atoms with Gasteiger partial charge in [-0.25, -0.2) is 0 Å². The molecule has 1 aromatic heterocycles. The molecule has 0 unspecified atom stereocenters. The molecule has 1 saturated carbocycles. The van der Waals surface area contributed by atoms with Gasteiger partial charge < -0.3 is 5.11 Å². The van der Waals surface area contributed by atoms with Crippen molar-refractivity contribution in [3.8, 4) is 0 Å². The highest BCUT2D eigenvalue weighted by Gasteiger charge is 2.36. The number of rotatable bonds is 4. The van der Waals surface area contributed by atoms with Crippen LogP contribution >= 0.6 is 0 Å². The Morgan fingerprint density at radius 2 is 2.18 bits per heavy atom. The molecule has 0 spiro atoms. The van der Waals surface area contributed by atoms with Crippen LogP contribution in [-0.2, 0) is 17.8 Å². The van der Waals surface area contributed by atoms with Crippen molar-refractivity contribution >= 4 is 5.78 Å². The topological polar surface area (TPSA) is 55.1 Å². The van der Waals surface area contributed by atoms with Crippen molar-refractivity contribution in [2.24, 2.45) is 0 Å². The van der Waals surface area contributed by atoms with Gasteiger partial charge in [0, 0.05) is 19.2 Å². The van der Waals surface area contributed by atoms with E-state index in [0.29, 0.717) is 19.3 Å². The zero-order chi connectivity index (χ0) is 12.3. The molecule has 4 nitrogen and oxygen atoms in total. The van der Waals surface area contributed by atoms with Gasteiger partial charge in [0.25, 0.3) is 0 Å². The highest BCUT2D eigenvalue weighted by molar-refractivity contribution is 5.88. The van der Waals surface area contributed by atoms with Crippen LogP contribution in [0.3, 0.4) is 0 Å². The van der Waals surface area contributed by atoms with Gasteiger partial charge in [0.1, 0.15) is 5.60 Å². The number of hydrogen-bond acceptors (Lipinski definition) is 3. The number of hydrogen-bond donors (Lipinski definition) is 1. The van der Waals surface area contributed by atoms with Crippen molar-refractivity contribution in [2.75, 3.05) is 0 Å². The maximum absolute atomic E-state index is 12.1. The lowest BCUT2D eigenvalue weighted by Gasteiger charge is -2.30. The number of carbonyl (C=O) groups excluding carboxylic acids is 1. The fourth-order valence-electron chi connectivity index (χ4n) is 2.44. The van der Waals surface area contributed by atoms with Crippen LogP contribution in [-0.4, -0.2) is 26.3 Å². The van der Waals surface area contributed by atoms with E-state index in [1.807, 2.05) is 13.1 Å². The van der Waals surface area contributed by atoms with E-state index in [0.717, 1.165) is 31.4 Å². The number of aryl methyl sites for hydroxylation is 1. The van der Waals surface area contributed by atoms with E-state index < -0.39 is 5.60 Å². The van der Waals surface area contributed by atoms with E-state index in [-0.39, 0.29) is 5.78 Å². The Morgan fingerprint density at radius 1 is 1.47 bits per heavy atom. The van der Waals surface area contributed by atoms with Gasteiger partial charge in [-0.05, 0) is 25.3 Å². The highest BCUT2D eigenvalue weighted by Crippen LogP contribution is 2.29. The quantitative estimate of drug-likeness (QED) is 0.865. The Balaban J connectivity index is 2.00. The fraction of sp³-hybridized carbons (Fsp3) is 0.692. The van der Waals surface area contributed by atoms with Crippen LogP contribution in [0.4, 0.5) is 0 Å². The molecule has 0 aromatic carbocycles. The summed E-state index contributed by atoms with van der Waals surface area (Å²) in [5.41, 5.74) is -0.178. The Bertz CT molecular complexity index is 392. The fourth-order valence-corrected chi connectivity index (χ4v) is 2.44. The largest absolute Gasteiger partial charge is 0.382 e. The summed E-state index contributed by atoms with van der Waals surface area (Å²) in [6.07, 6.45) is 8.17. The van der Waals surface area contributed by atoms with Gasteiger partial charge in [0.15, 0.2) is 5.78 Å². The second-order valence-electron chi connectivity index (χ2n) is 4.90. The summed E-state index contributed by atoms with van der Waals surface area (Å²) < 4.78 is 1.80. The maximum Gasteiger partial charge on any atom is 0.168 e. The molecular weight excluding hydrogens is 216 g/mol. The van der Waals surface area contributed by atoms with Crippen molar-refractivity contribution in [2.45, 2.75) is 57.6 Å². The van der Waals surface area contributed by atoms with Crippen molar-refractivity contribution in [3.05, 3.63) is 18.0 Å². The minimum absolute atomic E-state index is 0.0483. The van der Waals surface area contributed by atoms with Crippen LogP contribution in [0.2, 0.25) is 0 Å². The molecule has 0 amide bonds. The summed E-state index contributed by atoms with van der Waals surface area (Å²) in [6.45, 7) is 2.81. The Hall–Kier alpha value is -1.16. The third-order valence-corrected chi connectivity index (χ3v) is 3.58. The number of ketones is 1. The average molecular weight is 236 g/mol. The molecule has 0 saturated heterocycles. The second kappa shape index (κ2) is 5.00. The van der Waals surface area contributed by atoms with Crippen LogP contribution in [0, 0.1) is 0 Å². The Labute approximate surface area is 102 Å². The molecule has 17 heavy (non-hydrogen) atoms. The maximum atomic E-state index is 12.1. The summed E-state index contributed by atoms with van der Waals surface area (Å²) in [4.78, 5) is 12.1. The molecule has 1 aliphatic rings. The van der Waals surface area contributed by atoms with Crippen LogP contribution in [0.1, 0.15) is 44.6 Å². The predicted octanol–water partition coefficient (Wildman–Crippen LogP) is 1.71. The van der Waals surface area contributed by atoms with Crippen LogP contribution in [0.15, 0.2) is 12.4 Å². The minimum atomic E-state index is -1.08. The molecule has 1 aromatic rings. The normalized spacial score (nSPS) is 19.2. The van der Waals surface area contributed by atoms with Crippen molar-refractivity contribution in [1.82, 2.24) is 9.78 Å². The van der Waals surface area contributed by atoms with E-state index in [4.69, 9.17) is 0 Å². The molecule has 1 N–H and O–H groups in total. The molecule has 0 radical (unpaired) electrons. The summed E-state index contributed by atoms with van der Waals surface area (Å²) >= 11 is 0. The van der Waals surface area contributed by atoms with Gasteiger partial charge >= 0.3 is 0 Å². The molecule has 1 fully saturated rings. The van der Waals surface area contributed by atoms with Crippen LogP contribution < -0.4 is 0 Å². The lowest BCUT2D eigenvalue weighted by Crippen LogP contribution is -2.41. The number of Topliss-reactive ketones (excluding diaryl/α,β-unsaturated/α-hetero) is 1. The summed E-state index contributed by atoms with van der Waals surface area (Å²) in [5.74, 6) is -0.0483. The Morgan fingerprint density at radius 3 is 2.76 bits per heavy atom. The zero-order valence-corrected chi connectivity index (χ0v) is 10.4. The van der Waals surface area contributed by atoms with Gasteiger partial charge in [-0.3, -0.25) is 9.48 Å². The molecule has 0 atom stereocenters. The summed E-state index contributed by atoms with van der Waals surface area (Å²) in [7, 11) is 0. The molecule has 0 aliphatic heterocycles. The number of aromatic nitrogens is 2. The molecular formula is C13H20N2O2. The van der Waals surface area contributed by atoms with E-state index in [1.165, 1.54) is 0 Å². The lowest BCUT2D eigenvalue weighted by molar-refractivity contribution is -0.139.